The lowest BCUT2D eigenvalue weighted by Gasteiger charge is -2.42. The summed E-state index contributed by atoms with van der Waals surface area (Å²) < 4.78 is 0. The molecule has 2 aliphatic heterocycles. The molecule has 2 aliphatic rings. The van der Waals surface area contributed by atoms with Crippen LogP contribution < -0.4 is 4.90 Å². The maximum absolute atomic E-state index is 4.86. The number of hydrogen-bond donors (Lipinski definition) is 0. The van der Waals surface area contributed by atoms with Gasteiger partial charge in [0.15, 0.2) is 0 Å². The lowest BCUT2D eigenvalue weighted by molar-refractivity contribution is 0.176. The smallest absolute Gasteiger partial charge is 0.225 e. The van der Waals surface area contributed by atoms with Gasteiger partial charge in [-0.1, -0.05) is 20.8 Å². The van der Waals surface area contributed by atoms with Crippen molar-refractivity contribution in [3.63, 3.8) is 0 Å². The molecule has 3 atom stereocenters. The molecule has 0 saturated carbocycles. The third-order valence-electron chi connectivity index (χ3n) is 7.27. The van der Waals surface area contributed by atoms with E-state index in [-0.39, 0.29) is 0 Å². The van der Waals surface area contributed by atoms with Crippen molar-refractivity contribution in [1.82, 2.24) is 19.8 Å². The van der Waals surface area contributed by atoms with Gasteiger partial charge in [-0.3, -0.25) is 4.90 Å². The largest absolute Gasteiger partial charge is 0.332 e. The van der Waals surface area contributed by atoms with E-state index in [9.17, 15) is 0 Å². The first kappa shape index (κ1) is 23.5. The van der Waals surface area contributed by atoms with Crippen LogP contribution in [0.1, 0.15) is 84.6 Å². The van der Waals surface area contributed by atoms with Crippen molar-refractivity contribution in [1.29, 1.82) is 0 Å². The van der Waals surface area contributed by atoms with Crippen LogP contribution in [0.3, 0.4) is 0 Å². The molecule has 170 valence electrons. The zero-order valence-corrected chi connectivity index (χ0v) is 20.3. The van der Waals surface area contributed by atoms with Crippen molar-refractivity contribution in [2.24, 2.45) is 5.92 Å². The lowest BCUT2D eigenvalue weighted by atomic mass is 9.95. The molecule has 5 heteroatoms. The molecule has 30 heavy (non-hydrogen) atoms. The van der Waals surface area contributed by atoms with Crippen molar-refractivity contribution in [3.8, 4) is 0 Å². The van der Waals surface area contributed by atoms with E-state index in [0.29, 0.717) is 24.0 Å². The Hall–Kier alpha value is -1.20. The topological polar surface area (TPSA) is 35.5 Å². The fraction of sp³-hybridized carbons (Fsp3) is 0.840. The van der Waals surface area contributed by atoms with Crippen LogP contribution >= 0.6 is 0 Å². The lowest BCUT2D eigenvalue weighted by Crippen LogP contribution is -2.56. The van der Waals surface area contributed by atoms with E-state index in [1.807, 2.05) is 0 Å². The molecule has 2 bridgehead atoms. The van der Waals surface area contributed by atoms with Gasteiger partial charge in [0.2, 0.25) is 5.95 Å². The average molecular weight is 416 g/mol. The van der Waals surface area contributed by atoms with Crippen LogP contribution in [-0.4, -0.2) is 71.1 Å². The number of aromatic nitrogens is 2. The monoisotopic (exact) mass is 415 g/mol. The van der Waals surface area contributed by atoms with E-state index in [1.165, 1.54) is 44.2 Å². The molecular weight excluding hydrogens is 370 g/mol. The van der Waals surface area contributed by atoms with Crippen molar-refractivity contribution < 1.29 is 0 Å². The van der Waals surface area contributed by atoms with Gasteiger partial charge in [-0.05, 0) is 89.9 Å². The molecule has 3 rings (SSSR count). The highest BCUT2D eigenvalue weighted by Gasteiger charge is 2.41. The third kappa shape index (κ3) is 5.94. The van der Waals surface area contributed by atoms with Gasteiger partial charge in [-0.15, -0.1) is 0 Å². The molecule has 0 aliphatic carbocycles. The van der Waals surface area contributed by atoms with Crippen molar-refractivity contribution in [3.05, 3.63) is 18.0 Å². The molecule has 3 unspecified atom stereocenters. The van der Waals surface area contributed by atoms with E-state index in [1.54, 1.807) is 0 Å². The van der Waals surface area contributed by atoms with Crippen LogP contribution in [0.5, 0.6) is 0 Å². The fourth-order valence-corrected chi connectivity index (χ4v) is 5.22. The standard InChI is InChI=1S/C25H45N5/c1-7-21(12-14-28(6)13-8-9-19(2)3)22-15-26-25(27-16-22)30-23-10-11-24(30)18-29(17-23)20(4)5/h15-16,19-21,23-24H,7-14,17-18H2,1-6H3. The predicted molar refractivity (Wildman–Crippen MR) is 127 cm³/mol. The summed E-state index contributed by atoms with van der Waals surface area (Å²) in [5.41, 5.74) is 1.31. The average Bonchev–Trinajstić information content (AvgIpc) is 2.97. The third-order valence-corrected chi connectivity index (χ3v) is 7.27. The van der Waals surface area contributed by atoms with Gasteiger partial charge in [-0.25, -0.2) is 9.97 Å². The Kier molecular flexibility index (Phi) is 8.52. The zero-order valence-electron chi connectivity index (χ0n) is 20.3. The first-order valence-electron chi connectivity index (χ1n) is 12.4. The Balaban J connectivity index is 1.54. The minimum absolute atomic E-state index is 0.557. The highest BCUT2D eigenvalue weighted by atomic mass is 15.4. The normalized spacial score (nSPS) is 23.2. The second-order valence-electron chi connectivity index (χ2n) is 10.4. The van der Waals surface area contributed by atoms with Crippen LogP contribution in [0.25, 0.3) is 0 Å². The van der Waals surface area contributed by atoms with E-state index in [4.69, 9.17) is 9.97 Å². The number of rotatable bonds is 11. The van der Waals surface area contributed by atoms with E-state index < -0.39 is 0 Å². The van der Waals surface area contributed by atoms with Crippen LogP contribution in [0.4, 0.5) is 5.95 Å². The van der Waals surface area contributed by atoms with Gasteiger partial charge >= 0.3 is 0 Å². The molecule has 0 radical (unpaired) electrons. The quantitative estimate of drug-likeness (QED) is 0.519. The van der Waals surface area contributed by atoms with Gasteiger partial charge < -0.3 is 9.80 Å². The maximum Gasteiger partial charge on any atom is 0.225 e. The zero-order chi connectivity index (χ0) is 21.7. The van der Waals surface area contributed by atoms with Gasteiger partial charge in [0.25, 0.3) is 0 Å². The highest BCUT2D eigenvalue weighted by Crippen LogP contribution is 2.34. The van der Waals surface area contributed by atoms with E-state index in [2.05, 4.69) is 68.8 Å². The van der Waals surface area contributed by atoms with Gasteiger partial charge in [-0.2, -0.15) is 0 Å². The van der Waals surface area contributed by atoms with Gasteiger partial charge in [0.1, 0.15) is 0 Å². The molecule has 0 spiro atoms. The number of piperazine rings is 1. The van der Waals surface area contributed by atoms with Crippen LogP contribution in [0, 0.1) is 5.92 Å². The van der Waals surface area contributed by atoms with Crippen molar-refractivity contribution in [2.45, 2.75) is 97.2 Å². The second-order valence-corrected chi connectivity index (χ2v) is 10.4. The second kappa shape index (κ2) is 10.9. The summed E-state index contributed by atoms with van der Waals surface area (Å²) in [5, 5.41) is 0. The summed E-state index contributed by atoms with van der Waals surface area (Å²) in [5.74, 6) is 2.32. The van der Waals surface area contributed by atoms with Gasteiger partial charge in [0.05, 0.1) is 0 Å². The molecule has 1 aromatic heterocycles. The molecule has 0 aromatic carbocycles. The Morgan fingerprint density at radius 1 is 1.00 bits per heavy atom. The first-order chi connectivity index (χ1) is 14.4. The summed E-state index contributed by atoms with van der Waals surface area (Å²) in [4.78, 5) is 17.4. The SMILES string of the molecule is CCC(CCN(C)CCCC(C)C)c1cnc(N2C3CCC2CN(C(C)C)C3)nc1. The Morgan fingerprint density at radius 2 is 1.63 bits per heavy atom. The maximum atomic E-state index is 4.86. The number of fused-ring (bicyclic) bond motifs is 2. The molecule has 1 aromatic rings. The predicted octanol–water partition coefficient (Wildman–Crippen LogP) is 4.79. The summed E-state index contributed by atoms with van der Waals surface area (Å²) in [6.45, 7) is 16.2. The molecule has 0 N–H and O–H groups in total. The fourth-order valence-electron chi connectivity index (χ4n) is 5.22. The minimum Gasteiger partial charge on any atom is -0.332 e. The number of anilines is 1. The minimum atomic E-state index is 0.557. The van der Waals surface area contributed by atoms with Crippen molar-refractivity contribution in [2.75, 3.05) is 38.1 Å². The molecular formula is C25H45N5. The first-order valence-corrected chi connectivity index (χ1v) is 12.4. The summed E-state index contributed by atoms with van der Waals surface area (Å²) in [6, 6.07) is 1.80. The summed E-state index contributed by atoms with van der Waals surface area (Å²) >= 11 is 0. The molecule has 5 nitrogen and oxygen atoms in total. The highest BCUT2D eigenvalue weighted by molar-refractivity contribution is 5.38. The van der Waals surface area contributed by atoms with Crippen LogP contribution in [-0.2, 0) is 0 Å². The molecule has 3 heterocycles. The van der Waals surface area contributed by atoms with Crippen LogP contribution in [0.15, 0.2) is 12.4 Å². The molecule has 2 fully saturated rings. The van der Waals surface area contributed by atoms with E-state index >= 15 is 0 Å². The molecule has 2 saturated heterocycles. The Morgan fingerprint density at radius 3 is 2.17 bits per heavy atom. The Labute approximate surface area is 185 Å². The number of hydrogen-bond acceptors (Lipinski definition) is 5. The van der Waals surface area contributed by atoms with Crippen molar-refractivity contribution >= 4 is 5.95 Å². The number of likely N-dealkylation sites (tertiary alicyclic amines) is 1. The Bertz CT molecular complexity index is 615. The van der Waals surface area contributed by atoms with Gasteiger partial charge in [0, 0.05) is 43.6 Å². The molecule has 0 amide bonds. The summed E-state index contributed by atoms with van der Waals surface area (Å²) in [7, 11) is 2.26. The van der Waals surface area contributed by atoms with Crippen LogP contribution in [0.2, 0.25) is 0 Å². The van der Waals surface area contributed by atoms with E-state index in [0.717, 1.165) is 37.9 Å². The summed E-state index contributed by atoms with van der Waals surface area (Å²) in [6.07, 6.45) is 11.8. The number of nitrogens with zero attached hydrogens (tertiary/aromatic N) is 5.